The fourth-order valence-corrected chi connectivity index (χ4v) is 4.01. The molecule has 1 aliphatic carbocycles. The van der Waals surface area contributed by atoms with Crippen LogP contribution in [0.4, 0.5) is 11.4 Å². The molecule has 25 heavy (non-hydrogen) atoms. The molecule has 2 aliphatic rings. The number of nitriles is 1. The molecule has 1 saturated heterocycles. The van der Waals surface area contributed by atoms with Gasteiger partial charge in [0.15, 0.2) is 0 Å². The molecule has 1 saturated carbocycles. The van der Waals surface area contributed by atoms with Crippen molar-refractivity contribution >= 4 is 11.4 Å². The SMILES string of the molecule is CC1CN(c2ccc(NCC3CCC(N)CC3)c(C#N)c2)CC(C)O1. The number of ether oxygens (including phenoxy) is 1. The number of anilines is 2. The van der Waals surface area contributed by atoms with E-state index in [1.165, 1.54) is 12.8 Å². The zero-order valence-corrected chi connectivity index (χ0v) is 15.4. The first kappa shape index (κ1) is 18.0. The molecule has 3 N–H and O–H groups in total. The lowest BCUT2D eigenvalue weighted by Gasteiger charge is -2.37. The standard InChI is InChI=1S/C20H30N4O/c1-14-12-24(13-15(2)25-14)19-7-8-20(17(9-19)10-21)23-11-16-3-5-18(22)6-4-16/h7-9,14-16,18,23H,3-6,11-13,22H2,1-2H3. The van der Waals surface area contributed by atoms with Crippen LogP contribution in [0.5, 0.6) is 0 Å². The van der Waals surface area contributed by atoms with Crippen LogP contribution in [0.25, 0.3) is 0 Å². The first-order valence-electron chi connectivity index (χ1n) is 9.49. The molecule has 0 aromatic heterocycles. The van der Waals surface area contributed by atoms with Gasteiger partial charge < -0.3 is 20.7 Å². The van der Waals surface area contributed by atoms with Gasteiger partial charge in [-0.3, -0.25) is 0 Å². The Kier molecular flexibility index (Phi) is 5.82. The second-order valence-corrected chi connectivity index (χ2v) is 7.67. The number of hydrogen-bond acceptors (Lipinski definition) is 5. The molecule has 2 atom stereocenters. The minimum atomic E-state index is 0.213. The predicted octanol–water partition coefficient (Wildman–Crippen LogP) is 3.10. The summed E-state index contributed by atoms with van der Waals surface area (Å²) in [6, 6.07) is 8.90. The summed E-state index contributed by atoms with van der Waals surface area (Å²) < 4.78 is 5.80. The fourth-order valence-electron chi connectivity index (χ4n) is 4.01. The molecule has 5 nitrogen and oxygen atoms in total. The zero-order chi connectivity index (χ0) is 17.8. The van der Waals surface area contributed by atoms with Crippen molar-refractivity contribution < 1.29 is 4.74 Å². The van der Waals surface area contributed by atoms with Crippen LogP contribution in [0.3, 0.4) is 0 Å². The van der Waals surface area contributed by atoms with Crippen LogP contribution >= 0.6 is 0 Å². The van der Waals surface area contributed by atoms with Crippen molar-refractivity contribution in [2.24, 2.45) is 11.7 Å². The molecule has 0 radical (unpaired) electrons. The average molecular weight is 342 g/mol. The van der Waals surface area contributed by atoms with E-state index in [-0.39, 0.29) is 12.2 Å². The van der Waals surface area contributed by atoms with Gasteiger partial charge in [-0.2, -0.15) is 5.26 Å². The zero-order valence-electron chi connectivity index (χ0n) is 15.4. The number of benzene rings is 1. The quantitative estimate of drug-likeness (QED) is 0.879. The molecule has 3 rings (SSSR count). The maximum atomic E-state index is 9.57. The average Bonchev–Trinajstić information content (AvgIpc) is 2.60. The monoisotopic (exact) mass is 342 g/mol. The molecule has 1 aromatic carbocycles. The van der Waals surface area contributed by atoms with Gasteiger partial charge in [0.25, 0.3) is 0 Å². The molecule has 0 spiro atoms. The normalized spacial score (nSPS) is 29.9. The van der Waals surface area contributed by atoms with E-state index in [0.717, 1.165) is 49.4 Å². The number of morpholine rings is 1. The Labute approximate surface area is 151 Å². The molecular weight excluding hydrogens is 312 g/mol. The van der Waals surface area contributed by atoms with Crippen molar-refractivity contribution in [1.82, 2.24) is 0 Å². The van der Waals surface area contributed by atoms with Crippen LogP contribution in [-0.2, 0) is 4.74 Å². The van der Waals surface area contributed by atoms with Crippen molar-refractivity contribution in [2.75, 3.05) is 29.9 Å². The van der Waals surface area contributed by atoms with Crippen molar-refractivity contribution in [3.63, 3.8) is 0 Å². The van der Waals surface area contributed by atoms with Crippen LogP contribution in [-0.4, -0.2) is 37.9 Å². The molecule has 5 heteroatoms. The third-order valence-corrected chi connectivity index (χ3v) is 5.38. The highest BCUT2D eigenvalue weighted by atomic mass is 16.5. The number of nitrogens with one attached hydrogen (secondary N) is 1. The van der Waals surface area contributed by atoms with Crippen molar-refractivity contribution in [2.45, 2.75) is 57.8 Å². The maximum absolute atomic E-state index is 9.57. The first-order valence-corrected chi connectivity index (χ1v) is 9.49. The summed E-state index contributed by atoms with van der Waals surface area (Å²) in [4.78, 5) is 2.31. The number of nitrogens with zero attached hydrogens (tertiary/aromatic N) is 2. The molecule has 1 aliphatic heterocycles. The summed E-state index contributed by atoms with van der Waals surface area (Å²) in [6.45, 7) is 6.85. The highest BCUT2D eigenvalue weighted by Crippen LogP contribution is 2.27. The Morgan fingerprint density at radius 3 is 2.52 bits per heavy atom. The van der Waals surface area contributed by atoms with E-state index in [4.69, 9.17) is 10.5 Å². The summed E-state index contributed by atoms with van der Waals surface area (Å²) in [5.41, 5.74) is 8.74. The minimum absolute atomic E-state index is 0.213. The van der Waals surface area contributed by atoms with Crippen molar-refractivity contribution in [1.29, 1.82) is 5.26 Å². The van der Waals surface area contributed by atoms with Gasteiger partial charge in [0.1, 0.15) is 6.07 Å². The highest BCUT2D eigenvalue weighted by molar-refractivity contribution is 5.65. The molecule has 2 fully saturated rings. The van der Waals surface area contributed by atoms with Gasteiger partial charge >= 0.3 is 0 Å². The van der Waals surface area contributed by atoms with Gasteiger partial charge in [-0.05, 0) is 63.6 Å². The van der Waals surface area contributed by atoms with Crippen molar-refractivity contribution in [3.8, 4) is 6.07 Å². The molecule has 0 amide bonds. The number of rotatable bonds is 4. The Hall–Kier alpha value is -1.77. The summed E-state index contributed by atoms with van der Waals surface area (Å²) in [5.74, 6) is 0.659. The Balaban J connectivity index is 1.64. The van der Waals surface area contributed by atoms with E-state index in [0.29, 0.717) is 12.0 Å². The van der Waals surface area contributed by atoms with Gasteiger partial charge in [-0.1, -0.05) is 0 Å². The van der Waals surface area contributed by atoms with Crippen LogP contribution in [0.15, 0.2) is 18.2 Å². The lowest BCUT2D eigenvalue weighted by Crippen LogP contribution is -2.45. The molecule has 1 aromatic rings. The largest absolute Gasteiger partial charge is 0.384 e. The van der Waals surface area contributed by atoms with Gasteiger partial charge in [0, 0.05) is 31.4 Å². The van der Waals surface area contributed by atoms with Gasteiger partial charge in [0.05, 0.1) is 23.5 Å². The summed E-state index contributed by atoms with van der Waals surface area (Å²) in [7, 11) is 0. The topological polar surface area (TPSA) is 74.3 Å². The van der Waals surface area contributed by atoms with E-state index in [9.17, 15) is 5.26 Å². The van der Waals surface area contributed by atoms with Gasteiger partial charge in [-0.25, -0.2) is 0 Å². The Morgan fingerprint density at radius 2 is 1.88 bits per heavy atom. The summed E-state index contributed by atoms with van der Waals surface area (Å²) >= 11 is 0. The molecule has 136 valence electrons. The van der Waals surface area contributed by atoms with E-state index < -0.39 is 0 Å². The van der Waals surface area contributed by atoms with Crippen LogP contribution in [0, 0.1) is 17.2 Å². The summed E-state index contributed by atoms with van der Waals surface area (Å²) in [6.07, 6.45) is 5.01. The molecular formula is C20H30N4O. The lowest BCUT2D eigenvalue weighted by atomic mass is 9.86. The third kappa shape index (κ3) is 4.65. The van der Waals surface area contributed by atoms with E-state index in [1.807, 2.05) is 12.1 Å². The van der Waals surface area contributed by atoms with Crippen LogP contribution in [0.2, 0.25) is 0 Å². The third-order valence-electron chi connectivity index (χ3n) is 5.38. The van der Waals surface area contributed by atoms with Gasteiger partial charge in [0.2, 0.25) is 0 Å². The minimum Gasteiger partial charge on any atom is -0.384 e. The molecule has 1 heterocycles. The number of nitrogens with two attached hydrogens (primary N) is 1. The van der Waals surface area contributed by atoms with Crippen molar-refractivity contribution in [3.05, 3.63) is 23.8 Å². The maximum Gasteiger partial charge on any atom is 0.101 e. The molecule has 2 unspecified atom stereocenters. The van der Waals surface area contributed by atoms with Crippen LogP contribution in [0.1, 0.15) is 45.1 Å². The smallest absolute Gasteiger partial charge is 0.101 e. The second kappa shape index (κ2) is 8.07. The lowest BCUT2D eigenvalue weighted by molar-refractivity contribution is -0.00521. The first-order chi connectivity index (χ1) is 12.0. The molecule has 0 bridgehead atoms. The van der Waals surface area contributed by atoms with Gasteiger partial charge in [-0.15, -0.1) is 0 Å². The van der Waals surface area contributed by atoms with E-state index in [1.54, 1.807) is 0 Å². The van der Waals surface area contributed by atoms with E-state index in [2.05, 4.69) is 36.2 Å². The Bertz CT molecular complexity index is 609. The predicted molar refractivity (Wildman–Crippen MR) is 102 cm³/mol. The highest BCUT2D eigenvalue weighted by Gasteiger charge is 2.23. The fraction of sp³-hybridized carbons (Fsp3) is 0.650. The second-order valence-electron chi connectivity index (χ2n) is 7.67. The number of hydrogen-bond donors (Lipinski definition) is 2. The summed E-state index contributed by atoms with van der Waals surface area (Å²) in [5, 5.41) is 13.1. The van der Waals surface area contributed by atoms with Crippen LogP contribution < -0.4 is 16.0 Å². The Morgan fingerprint density at radius 1 is 1.20 bits per heavy atom. The van der Waals surface area contributed by atoms with E-state index >= 15 is 0 Å².